The molecule has 0 aliphatic heterocycles. The van der Waals surface area contributed by atoms with Gasteiger partial charge in [-0.15, -0.1) is 0 Å². The first-order valence-corrected chi connectivity index (χ1v) is 17.4. The van der Waals surface area contributed by atoms with Crippen LogP contribution >= 0.6 is 16.3 Å². The fourth-order valence-electron chi connectivity index (χ4n) is 5.50. The van der Waals surface area contributed by atoms with Crippen molar-refractivity contribution < 1.29 is 9.05 Å². The van der Waals surface area contributed by atoms with Crippen LogP contribution in [0.15, 0.2) is 146 Å². The van der Waals surface area contributed by atoms with E-state index in [0.29, 0.717) is 0 Å². The Morgan fingerprint density at radius 1 is 0.364 bits per heavy atom. The van der Waals surface area contributed by atoms with Crippen LogP contribution in [0.2, 0.25) is 0 Å². The lowest BCUT2D eigenvalue weighted by Crippen LogP contribution is -2.17. The second-order valence-electron chi connectivity index (χ2n) is 11.0. The SMILES string of the molecule is Cc1cc(C)c(OP(c2ccccc2)c2ccccc2)c(-c2cc(C)cc(C)c2OP(c2ccccc2)c2ccccc2)c1. The van der Waals surface area contributed by atoms with E-state index in [1.807, 2.05) is 0 Å². The Balaban J connectivity index is 1.51. The Labute approximate surface area is 264 Å². The number of hydrogen-bond donors (Lipinski definition) is 0. The van der Waals surface area contributed by atoms with Crippen LogP contribution in [-0.2, 0) is 0 Å². The van der Waals surface area contributed by atoms with Crippen molar-refractivity contribution in [3.8, 4) is 22.6 Å². The highest BCUT2D eigenvalue weighted by Crippen LogP contribution is 2.49. The first-order chi connectivity index (χ1) is 21.5. The first-order valence-electron chi connectivity index (χ1n) is 14.9. The number of aryl methyl sites for hydroxylation is 4. The van der Waals surface area contributed by atoms with Crippen molar-refractivity contribution in [2.75, 3.05) is 0 Å². The summed E-state index contributed by atoms with van der Waals surface area (Å²) in [5, 5.41) is 4.70. The van der Waals surface area contributed by atoms with E-state index in [-0.39, 0.29) is 0 Å². The zero-order chi connectivity index (χ0) is 30.5. The standard InChI is InChI=1S/C40H36O2P2/c1-29-25-31(3)39(41-43(33-17-9-5-10-18-33)34-19-11-6-12-20-34)37(27-29)38-28-30(2)26-32(4)40(38)42-44(35-21-13-7-14-22-35)36-23-15-8-16-24-36/h5-28H,1-4H3. The van der Waals surface area contributed by atoms with Crippen LogP contribution < -0.4 is 30.3 Å². The number of benzene rings is 6. The molecule has 6 rings (SSSR count). The minimum Gasteiger partial charge on any atom is -0.464 e. The first kappa shape index (κ1) is 29.8. The molecule has 0 spiro atoms. The topological polar surface area (TPSA) is 18.5 Å². The van der Waals surface area contributed by atoms with Crippen LogP contribution in [0.25, 0.3) is 11.1 Å². The molecule has 0 aromatic heterocycles. The summed E-state index contributed by atoms with van der Waals surface area (Å²) in [6.07, 6.45) is 0. The summed E-state index contributed by atoms with van der Waals surface area (Å²) in [6.45, 7) is 8.61. The summed E-state index contributed by atoms with van der Waals surface area (Å²) in [7, 11) is -2.22. The Kier molecular flexibility index (Phi) is 9.23. The van der Waals surface area contributed by atoms with Crippen LogP contribution in [0.3, 0.4) is 0 Å². The van der Waals surface area contributed by atoms with E-state index in [2.05, 4.69) is 173 Å². The van der Waals surface area contributed by atoms with E-state index in [1.165, 1.54) is 32.3 Å². The quantitative estimate of drug-likeness (QED) is 0.152. The Hall–Kier alpha value is -4.22. The summed E-state index contributed by atoms with van der Waals surface area (Å²) in [5.74, 6) is 1.79. The molecule has 0 bridgehead atoms. The van der Waals surface area contributed by atoms with E-state index in [1.54, 1.807) is 0 Å². The maximum absolute atomic E-state index is 7.18. The van der Waals surface area contributed by atoms with Gasteiger partial charge in [0, 0.05) is 32.3 Å². The molecule has 0 aliphatic carbocycles. The van der Waals surface area contributed by atoms with Gasteiger partial charge in [0.2, 0.25) is 0 Å². The molecule has 2 nitrogen and oxygen atoms in total. The predicted octanol–water partition coefficient (Wildman–Crippen LogP) is 9.44. The largest absolute Gasteiger partial charge is 0.464 e. The van der Waals surface area contributed by atoms with Crippen LogP contribution in [-0.4, -0.2) is 0 Å². The molecule has 0 unspecified atom stereocenters. The summed E-state index contributed by atoms with van der Waals surface area (Å²) in [5.41, 5.74) is 6.70. The molecule has 0 fully saturated rings. The average molecular weight is 611 g/mol. The fraction of sp³-hybridized carbons (Fsp3) is 0.100. The van der Waals surface area contributed by atoms with Crippen molar-refractivity contribution in [2.45, 2.75) is 27.7 Å². The third-order valence-electron chi connectivity index (χ3n) is 7.46. The zero-order valence-corrected chi connectivity index (χ0v) is 27.4. The normalized spacial score (nSPS) is 11.1. The monoisotopic (exact) mass is 610 g/mol. The maximum atomic E-state index is 7.18. The fourth-order valence-corrected chi connectivity index (χ4v) is 9.14. The van der Waals surface area contributed by atoms with E-state index in [9.17, 15) is 0 Å². The Bertz CT molecular complexity index is 1620. The summed E-state index contributed by atoms with van der Waals surface area (Å²) >= 11 is 0. The lowest BCUT2D eigenvalue weighted by molar-refractivity contribution is 0.616. The maximum Gasteiger partial charge on any atom is 0.150 e. The molecule has 4 heteroatoms. The third kappa shape index (κ3) is 6.63. The average Bonchev–Trinajstić information content (AvgIpc) is 3.05. The van der Waals surface area contributed by atoms with Gasteiger partial charge in [0.15, 0.2) is 16.3 Å². The Morgan fingerprint density at radius 2 is 0.636 bits per heavy atom. The Morgan fingerprint density at radius 3 is 0.909 bits per heavy atom. The van der Waals surface area contributed by atoms with Gasteiger partial charge in [-0.2, -0.15) is 0 Å². The van der Waals surface area contributed by atoms with Crippen molar-refractivity contribution >= 4 is 37.5 Å². The molecule has 0 saturated carbocycles. The van der Waals surface area contributed by atoms with Gasteiger partial charge in [-0.3, -0.25) is 0 Å². The molecular weight excluding hydrogens is 574 g/mol. The van der Waals surface area contributed by atoms with Gasteiger partial charge in [-0.05, 0) is 62.1 Å². The molecule has 0 N–H and O–H groups in total. The molecule has 0 atom stereocenters. The van der Waals surface area contributed by atoms with Gasteiger partial charge in [0.1, 0.15) is 11.5 Å². The summed E-state index contributed by atoms with van der Waals surface area (Å²) in [6, 6.07) is 51.2. The van der Waals surface area contributed by atoms with Crippen molar-refractivity contribution in [3.63, 3.8) is 0 Å². The highest BCUT2D eigenvalue weighted by molar-refractivity contribution is 7.69. The predicted molar refractivity (Wildman–Crippen MR) is 190 cm³/mol. The van der Waals surface area contributed by atoms with E-state index >= 15 is 0 Å². The molecule has 0 amide bonds. The molecule has 0 saturated heterocycles. The molecule has 218 valence electrons. The van der Waals surface area contributed by atoms with Crippen LogP contribution in [0, 0.1) is 27.7 Å². The number of hydrogen-bond acceptors (Lipinski definition) is 2. The van der Waals surface area contributed by atoms with Gasteiger partial charge in [0.25, 0.3) is 0 Å². The summed E-state index contributed by atoms with van der Waals surface area (Å²) < 4.78 is 14.4. The minimum absolute atomic E-state index is 0.896. The van der Waals surface area contributed by atoms with Crippen molar-refractivity contribution in [1.29, 1.82) is 0 Å². The van der Waals surface area contributed by atoms with Gasteiger partial charge in [-0.1, -0.05) is 133 Å². The van der Waals surface area contributed by atoms with Gasteiger partial charge in [0.05, 0.1) is 0 Å². The molecule has 6 aromatic carbocycles. The van der Waals surface area contributed by atoms with Crippen LogP contribution in [0.5, 0.6) is 11.5 Å². The lowest BCUT2D eigenvalue weighted by Gasteiger charge is -2.26. The highest BCUT2D eigenvalue weighted by atomic mass is 31.1. The number of rotatable bonds is 9. The second-order valence-corrected chi connectivity index (χ2v) is 14.6. The molecule has 0 heterocycles. The minimum atomic E-state index is -1.11. The van der Waals surface area contributed by atoms with Crippen molar-refractivity contribution in [1.82, 2.24) is 0 Å². The van der Waals surface area contributed by atoms with E-state index in [0.717, 1.165) is 33.8 Å². The summed E-state index contributed by atoms with van der Waals surface area (Å²) in [4.78, 5) is 0. The molecule has 0 aliphatic rings. The van der Waals surface area contributed by atoms with Crippen LogP contribution in [0.4, 0.5) is 0 Å². The van der Waals surface area contributed by atoms with Gasteiger partial charge < -0.3 is 9.05 Å². The molecule has 44 heavy (non-hydrogen) atoms. The van der Waals surface area contributed by atoms with Gasteiger partial charge >= 0.3 is 0 Å². The van der Waals surface area contributed by atoms with Crippen LogP contribution in [0.1, 0.15) is 22.3 Å². The smallest absolute Gasteiger partial charge is 0.150 e. The van der Waals surface area contributed by atoms with Gasteiger partial charge in [-0.25, -0.2) is 0 Å². The van der Waals surface area contributed by atoms with Crippen molar-refractivity contribution in [3.05, 3.63) is 168 Å². The second kappa shape index (κ2) is 13.6. The molecular formula is C40H36O2P2. The van der Waals surface area contributed by atoms with Crippen molar-refractivity contribution in [2.24, 2.45) is 0 Å². The molecule has 6 aromatic rings. The molecule has 0 radical (unpaired) electrons. The zero-order valence-electron chi connectivity index (χ0n) is 25.6. The van der Waals surface area contributed by atoms with E-state index < -0.39 is 16.3 Å². The third-order valence-corrected chi connectivity index (χ3v) is 11.3. The lowest BCUT2D eigenvalue weighted by atomic mass is 9.95. The van der Waals surface area contributed by atoms with E-state index in [4.69, 9.17) is 9.05 Å². The highest BCUT2D eigenvalue weighted by Gasteiger charge is 2.25.